The zero-order chi connectivity index (χ0) is 9.46. The SMILES string of the molecule is Cc1c(O)[n+](C)c(N(C)C)n1C. The quantitative estimate of drug-likeness (QED) is 0.598. The van der Waals surface area contributed by atoms with Crippen molar-refractivity contribution in [2.45, 2.75) is 6.92 Å². The zero-order valence-electron chi connectivity index (χ0n) is 8.29. The van der Waals surface area contributed by atoms with Crippen LogP contribution in [0.3, 0.4) is 0 Å². The summed E-state index contributed by atoms with van der Waals surface area (Å²) >= 11 is 0. The van der Waals surface area contributed by atoms with Crippen molar-refractivity contribution < 1.29 is 9.67 Å². The molecule has 0 saturated heterocycles. The second-order valence-corrected chi connectivity index (χ2v) is 3.22. The number of hydrogen-bond acceptors (Lipinski definition) is 2. The van der Waals surface area contributed by atoms with E-state index in [1.165, 1.54) is 0 Å². The predicted octanol–water partition coefficient (Wildman–Crippen LogP) is -0.0704. The summed E-state index contributed by atoms with van der Waals surface area (Å²) in [6.07, 6.45) is 0. The lowest BCUT2D eigenvalue weighted by atomic mass is 10.5. The van der Waals surface area contributed by atoms with E-state index in [1.807, 2.05) is 44.6 Å². The van der Waals surface area contributed by atoms with Gasteiger partial charge in [0.15, 0.2) is 5.69 Å². The number of aromatic nitrogens is 2. The van der Waals surface area contributed by atoms with Crippen LogP contribution in [0.25, 0.3) is 0 Å². The van der Waals surface area contributed by atoms with E-state index >= 15 is 0 Å². The first kappa shape index (κ1) is 8.90. The van der Waals surface area contributed by atoms with Crippen molar-refractivity contribution in [2.24, 2.45) is 14.1 Å². The van der Waals surface area contributed by atoms with Crippen LogP contribution in [0.1, 0.15) is 5.69 Å². The van der Waals surface area contributed by atoms with E-state index in [2.05, 4.69) is 0 Å². The average molecular weight is 170 g/mol. The monoisotopic (exact) mass is 170 g/mol. The highest BCUT2D eigenvalue weighted by Crippen LogP contribution is 2.17. The van der Waals surface area contributed by atoms with Gasteiger partial charge in [-0.1, -0.05) is 0 Å². The van der Waals surface area contributed by atoms with Gasteiger partial charge in [-0.15, -0.1) is 0 Å². The van der Waals surface area contributed by atoms with Crippen LogP contribution in [0.4, 0.5) is 5.95 Å². The van der Waals surface area contributed by atoms with Gasteiger partial charge in [0.05, 0.1) is 28.2 Å². The predicted molar refractivity (Wildman–Crippen MR) is 47.3 cm³/mol. The molecule has 0 aliphatic heterocycles. The molecule has 4 nitrogen and oxygen atoms in total. The fourth-order valence-electron chi connectivity index (χ4n) is 1.46. The molecule has 1 aromatic rings. The molecule has 0 unspecified atom stereocenters. The molecule has 0 spiro atoms. The Morgan fingerprint density at radius 3 is 2.08 bits per heavy atom. The van der Waals surface area contributed by atoms with E-state index in [1.54, 1.807) is 4.57 Å². The Morgan fingerprint density at radius 2 is 1.92 bits per heavy atom. The van der Waals surface area contributed by atoms with Gasteiger partial charge in [-0.25, -0.2) is 9.13 Å². The summed E-state index contributed by atoms with van der Waals surface area (Å²) in [5, 5.41) is 9.57. The van der Waals surface area contributed by atoms with Crippen molar-refractivity contribution >= 4 is 5.95 Å². The summed E-state index contributed by atoms with van der Waals surface area (Å²) < 4.78 is 3.71. The summed E-state index contributed by atoms with van der Waals surface area (Å²) in [7, 11) is 7.68. The minimum absolute atomic E-state index is 0.321. The zero-order valence-corrected chi connectivity index (χ0v) is 8.29. The normalized spacial score (nSPS) is 10.4. The van der Waals surface area contributed by atoms with E-state index < -0.39 is 0 Å². The molecule has 1 N–H and O–H groups in total. The second kappa shape index (κ2) is 2.69. The Bertz CT molecular complexity index is 276. The highest BCUT2D eigenvalue weighted by molar-refractivity contribution is 5.29. The number of hydrogen-bond donors (Lipinski definition) is 1. The maximum Gasteiger partial charge on any atom is 0.362 e. The van der Waals surface area contributed by atoms with Crippen molar-refractivity contribution in [1.29, 1.82) is 0 Å². The van der Waals surface area contributed by atoms with Gasteiger partial charge >= 0.3 is 5.95 Å². The third-order valence-electron chi connectivity index (χ3n) is 2.14. The lowest BCUT2D eigenvalue weighted by molar-refractivity contribution is -0.664. The molecule has 0 saturated carbocycles. The van der Waals surface area contributed by atoms with Gasteiger partial charge in [0.25, 0.3) is 5.88 Å². The summed E-state index contributed by atoms with van der Waals surface area (Å²) in [5.41, 5.74) is 0.876. The van der Waals surface area contributed by atoms with Gasteiger partial charge in [-0.3, -0.25) is 4.90 Å². The van der Waals surface area contributed by atoms with Crippen LogP contribution in [0, 0.1) is 6.92 Å². The van der Waals surface area contributed by atoms with Gasteiger partial charge in [0, 0.05) is 0 Å². The molecule has 1 aromatic heterocycles. The Labute approximate surface area is 72.7 Å². The van der Waals surface area contributed by atoms with Crippen LogP contribution in [-0.2, 0) is 14.1 Å². The number of imidazole rings is 1. The molecule has 0 radical (unpaired) electrons. The van der Waals surface area contributed by atoms with Crippen LogP contribution in [-0.4, -0.2) is 23.8 Å². The van der Waals surface area contributed by atoms with Crippen molar-refractivity contribution in [3.05, 3.63) is 5.69 Å². The molecule has 68 valence electrons. The Hall–Kier alpha value is -1.19. The molecule has 0 fully saturated rings. The maximum absolute atomic E-state index is 9.57. The number of anilines is 1. The van der Waals surface area contributed by atoms with E-state index in [4.69, 9.17) is 0 Å². The highest BCUT2D eigenvalue weighted by atomic mass is 16.3. The lowest BCUT2D eigenvalue weighted by Gasteiger charge is -2.05. The molecule has 12 heavy (non-hydrogen) atoms. The standard InChI is InChI=1S/C8H15N3O/c1-6-7(12)11(5)8(9(2)3)10(6)4/h1-5H3/p+1. The molecule has 0 aliphatic rings. The lowest BCUT2D eigenvalue weighted by Crippen LogP contribution is -2.34. The molecule has 0 atom stereocenters. The summed E-state index contributed by atoms with van der Waals surface area (Å²) in [6.45, 7) is 1.89. The smallest absolute Gasteiger partial charge is 0.362 e. The number of aromatic hydroxyl groups is 1. The van der Waals surface area contributed by atoms with Gasteiger partial charge in [-0.2, -0.15) is 0 Å². The molecule has 1 rings (SSSR count). The van der Waals surface area contributed by atoms with Crippen LogP contribution in [0.2, 0.25) is 0 Å². The Morgan fingerprint density at radius 1 is 1.42 bits per heavy atom. The van der Waals surface area contributed by atoms with Crippen LogP contribution >= 0.6 is 0 Å². The van der Waals surface area contributed by atoms with E-state index in [9.17, 15) is 5.11 Å². The first-order valence-corrected chi connectivity index (χ1v) is 3.88. The topological polar surface area (TPSA) is 32.3 Å². The van der Waals surface area contributed by atoms with E-state index in [-0.39, 0.29) is 0 Å². The molecular formula is C8H16N3O+. The van der Waals surface area contributed by atoms with Crippen LogP contribution in [0.5, 0.6) is 5.88 Å². The van der Waals surface area contributed by atoms with Crippen LogP contribution < -0.4 is 9.47 Å². The van der Waals surface area contributed by atoms with Gasteiger partial charge in [0.2, 0.25) is 0 Å². The minimum Gasteiger partial charge on any atom is -0.481 e. The van der Waals surface area contributed by atoms with Gasteiger partial charge in [-0.05, 0) is 6.92 Å². The molecule has 0 bridgehead atoms. The van der Waals surface area contributed by atoms with Crippen molar-refractivity contribution in [3.63, 3.8) is 0 Å². The number of nitrogens with zero attached hydrogens (tertiary/aromatic N) is 3. The molecule has 0 aromatic carbocycles. The molecule has 0 aliphatic carbocycles. The van der Waals surface area contributed by atoms with Crippen molar-refractivity contribution in [2.75, 3.05) is 19.0 Å². The molecular weight excluding hydrogens is 154 g/mol. The molecule has 4 heteroatoms. The summed E-state index contributed by atoms with van der Waals surface area (Å²) in [4.78, 5) is 1.96. The molecule has 1 heterocycles. The van der Waals surface area contributed by atoms with Crippen molar-refractivity contribution in [1.82, 2.24) is 4.57 Å². The Kier molecular flexibility index (Phi) is 2.00. The summed E-state index contributed by atoms with van der Waals surface area (Å²) in [6, 6.07) is 0. The largest absolute Gasteiger partial charge is 0.481 e. The fraction of sp³-hybridized carbons (Fsp3) is 0.625. The van der Waals surface area contributed by atoms with Gasteiger partial charge < -0.3 is 5.11 Å². The third-order valence-corrected chi connectivity index (χ3v) is 2.14. The molecule has 0 amide bonds. The minimum atomic E-state index is 0.321. The third kappa shape index (κ3) is 1.03. The highest BCUT2D eigenvalue weighted by Gasteiger charge is 2.22. The number of rotatable bonds is 1. The van der Waals surface area contributed by atoms with E-state index in [0.717, 1.165) is 11.6 Å². The fourth-order valence-corrected chi connectivity index (χ4v) is 1.46. The summed E-state index contributed by atoms with van der Waals surface area (Å²) in [5.74, 6) is 1.30. The van der Waals surface area contributed by atoms with Crippen molar-refractivity contribution in [3.8, 4) is 5.88 Å². The van der Waals surface area contributed by atoms with Gasteiger partial charge in [0.1, 0.15) is 0 Å². The Balaban J connectivity index is 3.38. The first-order chi connectivity index (χ1) is 5.46. The average Bonchev–Trinajstić information content (AvgIpc) is 2.16. The maximum atomic E-state index is 9.57. The second-order valence-electron chi connectivity index (χ2n) is 3.22. The first-order valence-electron chi connectivity index (χ1n) is 3.88. The van der Waals surface area contributed by atoms with Crippen LogP contribution in [0.15, 0.2) is 0 Å². The van der Waals surface area contributed by atoms with E-state index in [0.29, 0.717) is 5.88 Å².